The number of nitrogens with one attached hydrogen (secondary N) is 2. The van der Waals surface area contributed by atoms with Crippen molar-refractivity contribution in [2.45, 2.75) is 45.4 Å². The first-order chi connectivity index (χ1) is 16.4. The summed E-state index contributed by atoms with van der Waals surface area (Å²) >= 11 is 1.41. The lowest BCUT2D eigenvalue weighted by atomic mass is 10.1. The zero-order chi connectivity index (χ0) is 24.1. The highest BCUT2D eigenvalue weighted by atomic mass is 32.1. The third-order valence-electron chi connectivity index (χ3n) is 5.69. The highest BCUT2D eigenvalue weighted by Gasteiger charge is 2.33. The number of aromatic nitrogens is 1. The molecule has 1 aliphatic carbocycles. The predicted octanol–water partition coefficient (Wildman–Crippen LogP) is 5.33. The molecule has 4 rings (SSSR count). The summed E-state index contributed by atoms with van der Waals surface area (Å²) in [6.07, 6.45) is 3.21. The van der Waals surface area contributed by atoms with Gasteiger partial charge in [0.1, 0.15) is 0 Å². The van der Waals surface area contributed by atoms with Crippen LogP contribution >= 0.6 is 11.3 Å². The number of ether oxygens (including phenoxy) is 1. The van der Waals surface area contributed by atoms with Crippen molar-refractivity contribution in [3.8, 4) is 0 Å². The second kappa shape index (κ2) is 10.6. The van der Waals surface area contributed by atoms with Crippen molar-refractivity contribution in [2.75, 3.05) is 17.2 Å². The fraction of sp³-hybridized carbons (Fsp3) is 0.308. The molecule has 1 aromatic heterocycles. The van der Waals surface area contributed by atoms with E-state index in [0.717, 1.165) is 35.4 Å². The number of benzene rings is 2. The van der Waals surface area contributed by atoms with Crippen molar-refractivity contribution >= 4 is 39.9 Å². The molecule has 34 heavy (non-hydrogen) atoms. The Morgan fingerprint density at radius 2 is 1.74 bits per heavy atom. The number of carbonyl (C=O) groups is 3. The lowest BCUT2D eigenvalue weighted by Crippen LogP contribution is -2.20. The van der Waals surface area contributed by atoms with Crippen LogP contribution in [0.15, 0.2) is 48.5 Å². The minimum Gasteiger partial charge on any atom is -0.462 e. The molecule has 7 nitrogen and oxygen atoms in total. The minimum absolute atomic E-state index is 0.154. The average Bonchev–Trinajstić information content (AvgIpc) is 3.40. The van der Waals surface area contributed by atoms with E-state index in [1.165, 1.54) is 11.3 Å². The maximum Gasteiger partial charge on any atom is 0.338 e. The molecule has 0 radical (unpaired) electrons. The van der Waals surface area contributed by atoms with E-state index >= 15 is 0 Å². The van der Waals surface area contributed by atoms with Gasteiger partial charge in [-0.05, 0) is 62.6 Å². The van der Waals surface area contributed by atoms with Crippen LogP contribution in [0.1, 0.15) is 69.0 Å². The zero-order valence-corrected chi connectivity index (χ0v) is 20.0. The largest absolute Gasteiger partial charge is 0.462 e. The third kappa shape index (κ3) is 5.51. The van der Waals surface area contributed by atoms with Gasteiger partial charge in [0.15, 0.2) is 5.13 Å². The van der Waals surface area contributed by atoms with Crippen molar-refractivity contribution in [3.05, 3.63) is 75.8 Å². The van der Waals surface area contributed by atoms with E-state index in [9.17, 15) is 14.4 Å². The summed E-state index contributed by atoms with van der Waals surface area (Å²) in [6, 6.07) is 14.0. The van der Waals surface area contributed by atoms with Gasteiger partial charge in [-0.1, -0.05) is 31.0 Å². The summed E-state index contributed by atoms with van der Waals surface area (Å²) in [5, 5.41) is 6.25. The Labute approximate surface area is 202 Å². The maximum absolute atomic E-state index is 12.9. The van der Waals surface area contributed by atoms with Crippen LogP contribution in [-0.2, 0) is 16.0 Å². The summed E-state index contributed by atoms with van der Waals surface area (Å²) in [7, 11) is 0. The van der Waals surface area contributed by atoms with E-state index in [2.05, 4.69) is 15.6 Å². The number of thiazole rings is 1. The summed E-state index contributed by atoms with van der Waals surface area (Å²) < 4.78 is 5.21. The molecule has 0 saturated carbocycles. The molecular weight excluding hydrogens is 450 g/mol. The number of unbranched alkanes of at least 4 members (excludes halogenated alkanes) is 1. The highest BCUT2D eigenvalue weighted by Crippen LogP contribution is 2.39. The Bertz CT molecular complexity index is 1190. The van der Waals surface area contributed by atoms with Crippen molar-refractivity contribution in [2.24, 2.45) is 0 Å². The van der Waals surface area contributed by atoms with Crippen molar-refractivity contribution < 1.29 is 19.1 Å². The lowest BCUT2D eigenvalue weighted by molar-refractivity contribution is -0.117. The van der Waals surface area contributed by atoms with Gasteiger partial charge in [0.25, 0.3) is 5.91 Å². The van der Waals surface area contributed by atoms with Crippen LogP contribution in [0, 0.1) is 6.92 Å². The molecule has 0 spiro atoms. The van der Waals surface area contributed by atoms with E-state index in [0.29, 0.717) is 35.0 Å². The van der Waals surface area contributed by atoms with Crippen LogP contribution in [0.25, 0.3) is 0 Å². The van der Waals surface area contributed by atoms with Crippen LogP contribution < -0.4 is 10.6 Å². The molecule has 1 aliphatic rings. The van der Waals surface area contributed by atoms with Crippen molar-refractivity contribution in [3.63, 3.8) is 0 Å². The van der Waals surface area contributed by atoms with Crippen LogP contribution in [0.5, 0.6) is 0 Å². The Kier molecular flexibility index (Phi) is 7.37. The van der Waals surface area contributed by atoms with Crippen LogP contribution in [0.3, 0.4) is 0 Å². The van der Waals surface area contributed by atoms with E-state index in [1.54, 1.807) is 36.4 Å². The standard InChI is InChI=1S/C26H27N3O4S/c1-3-4-15-33-25(32)18-9-11-19(12-10-18)27-24(31)20-13-14-21-22(20)28-26(34-21)29-23(30)17-7-5-16(2)6-8-17/h5-12,20H,3-4,13-15H2,1-2H3,(H,27,31)(H,28,29,30). The third-order valence-corrected chi connectivity index (χ3v) is 6.73. The summed E-state index contributed by atoms with van der Waals surface area (Å²) in [5.74, 6) is -1.12. The fourth-order valence-corrected chi connectivity index (χ4v) is 4.76. The molecular formula is C26H27N3O4S. The van der Waals surface area contributed by atoms with E-state index in [-0.39, 0.29) is 23.7 Å². The molecule has 2 amide bonds. The first kappa shape index (κ1) is 23.6. The topological polar surface area (TPSA) is 97.4 Å². The summed E-state index contributed by atoms with van der Waals surface area (Å²) in [6.45, 7) is 4.40. The maximum atomic E-state index is 12.9. The van der Waals surface area contributed by atoms with Crippen molar-refractivity contribution in [1.29, 1.82) is 0 Å². The quantitative estimate of drug-likeness (QED) is 0.338. The summed E-state index contributed by atoms with van der Waals surface area (Å²) in [5.41, 5.74) is 3.42. The molecule has 8 heteroatoms. The number of esters is 1. The van der Waals surface area contributed by atoms with Gasteiger partial charge in [0.2, 0.25) is 5.91 Å². The summed E-state index contributed by atoms with van der Waals surface area (Å²) in [4.78, 5) is 43.0. The number of hydrogen-bond acceptors (Lipinski definition) is 6. The predicted molar refractivity (Wildman–Crippen MR) is 133 cm³/mol. The number of fused-ring (bicyclic) bond motifs is 1. The molecule has 0 fully saturated rings. The van der Waals surface area contributed by atoms with Gasteiger partial charge < -0.3 is 10.1 Å². The van der Waals surface area contributed by atoms with Gasteiger partial charge >= 0.3 is 5.97 Å². The van der Waals surface area contributed by atoms with E-state index < -0.39 is 0 Å². The molecule has 1 atom stereocenters. The monoisotopic (exact) mass is 477 g/mol. The zero-order valence-electron chi connectivity index (χ0n) is 19.2. The molecule has 2 N–H and O–H groups in total. The molecule has 1 unspecified atom stereocenters. The Morgan fingerprint density at radius 1 is 1.03 bits per heavy atom. The van der Waals surface area contributed by atoms with Crippen LogP contribution in [0.4, 0.5) is 10.8 Å². The fourth-order valence-electron chi connectivity index (χ4n) is 3.72. The minimum atomic E-state index is -0.380. The van der Waals surface area contributed by atoms with Crippen LogP contribution in [0.2, 0.25) is 0 Å². The van der Waals surface area contributed by atoms with Gasteiger partial charge in [0, 0.05) is 16.1 Å². The Hall–Kier alpha value is -3.52. The van der Waals surface area contributed by atoms with Gasteiger partial charge in [0.05, 0.1) is 23.8 Å². The lowest BCUT2D eigenvalue weighted by Gasteiger charge is -2.11. The van der Waals surface area contributed by atoms with E-state index in [4.69, 9.17) is 4.74 Å². The highest BCUT2D eigenvalue weighted by molar-refractivity contribution is 7.16. The molecule has 0 bridgehead atoms. The number of amides is 2. The SMILES string of the molecule is CCCCOC(=O)c1ccc(NC(=O)C2CCc3sc(NC(=O)c4ccc(C)cc4)nc32)cc1. The molecule has 3 aromatic rings. The number of anilines is 2. The normalized spacial score (nSPS) is 14.4. The molecule has 2 aromatic carbocycles. The van der Waals surface area contributed by atoms with E-state index in [1.807, 2.05) is 26.0 Å². The number of nitrogens with zero attached hydrogens (tertiary/aromatic N) is 1. The average molecular weight is 478 g/mol. The Balaban J connectivity index is 1.37. The smallest absolute Gasteiger partial charge is 0.338 e. The number of aryl methyl sites for hydroxylation is 2. The first-order valence-corrected chi connectivity index (χ1v) is 12.2. The first-order valence-electron chi connectivity index (χ1n) is 11.4. The van der Waals surface area contributed by atoms with Crippen molar-refractivity contribution in [1.82, 2.24) is 4.98 Å². The Morgan fingerprint density at radius 3 is 2.44 bits per heavy atom. The second-order valence-electron chi connectivity index (χ2n) is 8.29. The molecule has 0 saturated heterocycles. The molecule has 1 heterocycles. The van der Waals surface area contributed by atoms with Crippen LogP contribution in [-0.4, -0.2) is 29.4 Å². The molecule has 176 valence electrons. The number of rotatable bonds is 8. The second-order valence-corrected chi connectivity index (χ2v) is 9.38. The van der Waals surface area contributed by atoms with Gasteiger partial charge in [-0.3, -0.25) is 14.9 Å². The molecule has 0 aliphatic heterocycles. The number of hydrogen-bond donors (Lipinski definition) is 2. The number of carbonyl (C=O) groups excluding carboxylic acids is 3. The van der Waals surface area contributed by atoms with Gasteiger partial charge in [-0.15, -0.1) is 11.3 Å². The van der Waals surface area contributed by atoms with Gasteiger partial charge in [-0.25, -0.2) is 9.78 Å². The van der Waals surface area contributed by atoms with Gasteiger partial charge in [-0.2, -0.15) is 0 Å².